The van der Waals surface area contributed by atoms with Crippen LogP contribution in [0, 0.1) is 0 Å². The van der Waals surface area contributed by atoms with E-state index in [9.17, 15) is 4.32 Å². The summed E-state index contributed by atoms with van der Waals surface area (Å²) in [6, 6.07) is 9.06. The predicted molar refractivity (Wildman–Crippen MR) is 34.3 cm³/mol. The monoisotopic (exact) mass is 108 g/mol. The summed E-state index contributed by atoms with van der Waals surface area (Å²) in [6.07, 6.45) is 0. The minimum atomic E-state index is -0.360. The molecule has 0 bridgehead atoms. The van der Waals surface area contributed by atoms with Crippen molar-refractivity contribution in [1.82, 2.24) is 0 Å². The molecule has 0 radical (unpaired) electrons. The van der Waals surface area contributed by atoms with E-state index in [1.165, 1.54) is 0 Å². The number of halogens is 1. The lowest BCUT2D eigenvalue weighted by atomic mass is 9.92. The van der Waals surface area contributed by atoms with Gasteiger partial charge in [-0.25, -0.2) is 0 Å². The molecule has 0 saturated carbocycles. The van der Waals surface area contributed by atoms with Gasteiger partial charge in [-0.2, -0.15) is 0 Å². The Bertz CT molecular complexity index is 150. The molecule has 0 spiro atoms. The van der Waals surface area contributed by atoms with Crippen molar-refractivity contribution in [3.05, 3.63) is 30.3 Å². The van der Waals surface area contributed by atoms with Crippen LogP contribution in [0.1, 0.15) is 0 Å². The highest BCUT2D eigenvalue weighted by molar-refractivity contribution is 6.46. The first-order chi connectivity index (χ1) is 3.93. The molecule has 0 atom stereocenters. The molecule has 8 heavy (non-hydrogen) atoms. The molecule has 0 heterocycles. The van der Waals surface area contributed by atoms with E-state index in [4.69, 9.17) is 0 Å². The molecule has 1 aromatic rings. The highest BCUT2D eigenvalue weighted by Gasteiger charge is 1.87. The molecular weight excluding hydrogens is 102 g/mol. The van der Waals surface area contributed by atoms with Gasteiger partial charge in [0.05, 0.1) is 0 Å². The third-order valence-corrected chi connectivity index (χ3v) is 0.997. The Morgan fingerprint density at radius 1 is 1.12 bits per heavy atom. The maximum absolute atomic E-state index is 11.7. The summed E-state index contributed by atoms with van der Waals surface area (Å²) >= 11 is 0. The van der Waals surface area contributed by atoms with Gasteiger partial charge in [0.25, 0.3) is 0 Å². The molecule has 0 amide bonds. The molecule has 0 aliphatic heterocycles. The number of hydrogen-bond acceptors (Lipinski definition) is 0. The first-order valence-corrected chi connectivity index (χ1v) is 2.53. The Hall–Kier alpha value is -0.785. The van der Waals surface area contributed by atoms with Gasteiger partial charge in [0.2, 0.25) is 0 Å². The third-order valence-electron chi connectivity index (χ3n) is 0.997. The molecule has 0 aliphatic rings. The molecular formula is C6H6BF. The van der Waals surface area contributed by atoms with Crippen LogP contribution in [0.4, 0.5) is 4.32 Å². The first-order valence-electron chi connectivity index (χ1n) is 2.53. The Balaban J connectivity index is 2.83. The fourth-order valence-electron chi connectivity index (χ4n) is 0.567. The van der Waals surface area contributed by atoms with Crippen molar-refractivity contribution in [3.8, 4) is 0 Å². The predicted octanol–water partition coefficient (Wildman–Crippen LogP) is 0.633. The molecule has 0 aromatic heterocycles. The summed E-state index contributed by atoms with van der Waals surface area (Å²) in [5.41, 5.74) is 0.743. The molecule has 1 aromatic carbocycles. The summed E-state index contributed by atoms with van der Waals surface area (Å²) in [6.45, 7) is 0. The van der Waals surface area contributed by atoms with Gasteiger partial charge in [0, 0.05) is 0 Å². The number of benzene rings is 1. The highest BCUT2D eigenvalue weighted by Crippen LogP contribution is 1.79. The Kier molecular flexibility index (Phi) is 1.68. The second-order valence-electron chi connectivity index (χ2n) is 1.62. The van der Waals surface area contributed by atoms with Crippen LogP contribution < -0.4 is 5.46 Å². The van der Waals surface area contributed by atoms with Crippen LogP contribution in [0.5, 0.6) is 0 Å². The van der Waals surface area contributed by atoms with Crippen LogP contribution >= 0.6 is 0 Å². The summed E-state index contributed by atoms with van der Waals surface area (Å²) < 4.78 is 11.7. The number of hydrogen-bond donors (Lipinski definition) is 0. The fraction of sp³-hybridized carbons (Fsp3) is 0. The van der Waals surface area contributed by atoms with Crippen LogP contribution in [0.2, 0.25) is 0 Å². The van der Waals surface area contributed by atoms with E-state index < -0.39 is 0 Å². The quantitative estimate of drug-likeness (QED) is 0.463. The largest absolute Gasteiger partial charge is 0.364 e. The minimum absolute atomic E-state index is 0.360. The second-order valence-corrected chi connectivity index (χ2v) is 1.62. The van der Waals surface area contributed by atoms with Crippen molar-refractivity contribution in [2.45, 2.75) is 0 Å². The van der Waals surface area contributed by atoms with Crippen LogP contribution in [-0.2, 0) is 0 Å². The molecule has 0 nitrogen and oxygen atoms in total. The molecule has 2 heteroatoms. The van der Waals surface area contributed by atoms with Gasteiger partial charge in [-0.05, 0) is 5.46 Å². The molecule has 0 fully saturated rings. The van der Waals surface area contributed by atoms with Gasteiger partial charge >= 0.3 is 7.56 Å². The Morgan fingerprint density at radius 3 is 2.12 bits per heavy atom. The molecule has 40 valence electrons. The summed E-state index contributed by atoms with van der Waals surface area (Å²) in [4.78, 5) is 0. The van der Waals surface area contributed by atoms with E-state index in [0.29, 0.717) is 0 Å². The fourth-order valence-corrected chi connectivity index (χ4v) is 0.567. The zero-order valence-corrected chi connectivity index (χ0v) is 4.47. The lowest BCUT2D eigenvalue weighted by Gasteiger charge is -1.85. The van der Waals surface area contributed by atoms with Crippen LogP contribution in [0.25, 0.3) is 0 Å². The van der Waals surface area contributed by atoms with Gasteiger partial charge in [-0.1, -0.05) is 30.3 Å². The third kappa shape index (κ3) is 1.09. The normalized spacial score (nSPS) is 8.62. The maximum atomic E-state index is 11.7. The molecule has 0 N–H and O–H groups in total. The molecule has 0 unspecified atom stereocenters. The second kappa shape index (κ2) is 2.50. The average molecular weight is 108 g/mol. The topological polar surface area (TPSA) is 0 Å². The maximum Gasteiger partial charge on any atom is 0.364 e. The van der Waals surface area contributed by atoms with Crippen molar-refractivity contribution in [2.75, 3.05) is 0 Å². The van der Waals surface area contributed by atoms with Gasteiger partial charge in [-0.15, -0.1) is 0 Å². The highest BCUT2D eigenvalue weighted by atomic mass is 19.1. The van der Waals surface area contributed by atoms with E-state index in [-0.39, 0.29) is 7.56 Å². The Labute approximate surface area is 48.6 Å². The zero-order chi connectivity index (χ0) is 5.82. The molecule has 0 aliphatic carbocycles. The SMILES string of the molecule is FBc1ccccc1. The minimum Gasteiger partial charge on any atom is -0.335 e. The van der Waals surface area contributed by atoms with Gasteiger partial charge in [-0.3, -0.25) is 0 Å². The van der Waals surface area contributed by atoms with Gasteiger partial charge in [0.1, 0.15) is 0 Å². The lowest BCUT2D eigenvalue weighted by Crippen LogP contribution is -2.06. The van der Waals surface area contributed by atoms with Crippen molar-refractivity contribution >= 4 is 13.0 Å². The standard InChI is InChI=1S/C6H6BF/c8-7-6-4-2-1-3-5-6/h1-5,7H. The zero-order valence-electron chi connectivity index (χ0n) is 4.47. The van der Waals surface area contributed by atoms with E-state index in [2.05, 4.69) is 0 Å². The van der Waals surface area contributed by atoms with E-state index in [0.717, 1.165) is 5.46 Å². The van der Waals surface area contributed by atoms with Crippen molar-refractivity contribution in [1.29, 1.82) is 0 Å². The van der Waals surface area contributed by atoms with Gasteiger partial charge in [0.15, 0.2) is 0 Å². The molecule has 0 saturated heterocycles. The smallest absolute Gasteiger partial charge is 0.335 e. The van der Waals surface area contributed by atoms with E-state index in [1.807, 2.05) is 18.2 Å². The van der Waals surface area contributed by atoms with Crippen LogP contribution in [-0.4, -0.2) is 7.56 Å². The first kappa shape index (κ1) is 5.35. The summed E-state index contributed by atoms with van der Waals surface area (Å²) in [5, 5.41) is 0. The van der Waals surface area contributed by atoms with Crippen molar-refractivity contribution < 1.29 is 4.32 Å². The average Bonchev–Trinajstić information content (AvgIpc) is 1.90. The summed E-state index contributed by atoms with van der Waals surface area (Å²) in [7, 11) is -0.360. The van der Waals surface area contributed by atoms with Crippen LogP contribution in [0.15, 0.2) is 30.3 Å². The van der Waals surface area contributed by atoms with E-state index in [1.54, 1.807) is 12.1 Å². The van der Waals surface area contributed by atoms with E-state index >= 15 is 0 Å². The number of rotatable bonds is 1. The van der Waals surface area contributed by atoms with Crippen molar-refractivity contribution in [2.24, 2.45) is 0 Å². The van der Waals surface area contributed by atoms with Crippen LogP contribution in [0.3, 0.4) is 0 Å². The summed E-state index contributed by atoms with van der Waals surface area (Å²) in [5.74, 6) is 0. The lowest BCUT2D eigenvalue weighted by molar-refractivity contribution is 0.885. The molecule has 1 rings (SSSR count). The Morgan fingerprint density at radius 2 is 1.75 bits per heavy atom. The van der Waals surface area contributed by atoms with Gasteiger partial charge < -0.3 is 4.32 Å². The van der Waals surface area contributed by atoms with Crippen molar-refractivity contribution in [3.63, 3.8) is 0 Å².